The first-order chi connectivity index (χ1) is 9.08. The quantitative estimate of drug-likeness (QED) is 0.712. The highest BCUT2D eigenvalue weighted by Crippen LogP contribution is 2.24. The molecule has 1 saturated heterocycles. The number of β-amino-alcohol motifs (C(OH)–C–C–N with tert-alkyl or cyclic N) is 1. The van der Waals surface area contributed by atoms with E-state index in [0.717, 1.165) is 44.9 Å². The minimum Gasteiger partial charge on any atom is -0.389 e. The van der Waals surface area contributed by atoms with Gasteiger partial charge in [-0.25, -0.2) is 0 Å². The summed E-state index contributed by atoms with van der Waals surface area (Å²) in [6.45, 7) is 12.9. The highest BCUT2D eigenvalue weighted by Gasteiger charge is 2.32. The summed E-state index contributed by atoms with van der Waals surface area (Å²) in [6.07, 6.45) is 5.38. The van der Waals surface area contributed by atoms with Crippen molar-refractivity contribution in [2.24, 2.45) is 5.92 Å². The lowest BCUT2D eigenvalue weighted by Crippen LogP contribution is -2.53. The third-order valence-corrected chi connectivity index (χ3v) is 4.83. The molecular weight excluding hydrogens is 236 g/mol. The molecule has 3 nitrogen and oxygen atoms in total. The van der Waals surface area contributed by atoms with Gasteiger partial charge in [0.15, 0.2) is 0 Å². The van der Waals surface area contributed by atoms with E-state index in [2.05, 4.69) is 37.9 Å². The van der Waals surface area contributed by atoms with E-state index in [9.17, 15) is 5.11 Å². The summed E-state index contributed by atoms with van der Waals surface area (Å²) in [5.74, 6) is 0.735. The molecule has 2 unspecified atom stereocenters. The highest BCUT2D eigenvalue weighted by molar-refractivity contribution is 4.88. The van der Waals surface area contributed by atoms with Gasteiger partial charge in [0.05, 0.1) is 5.60 Å². The molecule has 2 N–H and O–H groups in total. The molecule has 0 radical (unpaired) electrons. The number of likely N-dealkylation sites (tertiary alicyclic amines) is 1. The maximum absolute atomic E-state index is 10.5. The van der Waals surface area contributed by atoms with Gasteiger partial charge in [-0.1, -0.05) is 34.1 Å². The monoisotopic (exact) mass is 270 g/mol. The minimum atomic E-state index is -0.484. The largest absolute Gasteiger partial charge is 0.389 e. The van der Waals surface area contributed by atoms with E-state index in [-0.39, 0.29) is 0 Å². The van der Waals surface area contributed by atoms with Crippen LogP contribution in [0.4, 0.5) is 0 Å². The van der Waals surface area contributed by atoms with Gasteiger partial charge in [0.2, 0.25) is 0 Å². The van der Waals surface area contributed by atoms with Crippen LogP contribution < -0.4 is 5.32 Å². The van der Waals surface area contributed by atoms with Crippen molar-refractivity contribution in [2.75, 3.05) is 26.2 Å². The van der Waals surface area contributed by atoms with Gasteiger partial charge in [-0.05, 0) is 44.7 Å². The summed E-state index contributed by atoms with van der Waals surface area (Å²) in [5.41, 5.74) is -0.484. The molecule has 0 bridgehead atoms. The second-order valence-electron chi connectivity index (χ2n) is 6.18. The average molecular weight is 270 g/mol. The number of nitrogens with zero attached hydrogens (tertiary/aromatic N) is 1. The summed E-state index contributed by atoms with van der Waals surface area (Å²) in [6, 6.07) is 0.678. The molecule has 0 aromatic heterocycles. The topological polar surface area (TPSA) is 35.5 Å². The van der Waals surface area contributed by atoms with Crippen molar-refractivity contribution in [3.63, 3.8) is 0 Å². The van der Waals surface area contributed by atoms with Crippen LogP contribution in [-0.2, 0) is 0 Å². The third-order valence-electron chi connectivity index (χ3n) is 4.83. The molecule has 2 atom stereocenters. The zero-order valence-electron chi connectivity index (χ0n) is 13.4. The van der Waals surface area contributed by atoms with Crippen molar-refractivity contribution in [3.05, 3.63) is 0 Å². The molecule has 0 saturated carbocycles. The van der Waals surface area contributed by atoms with Crippen LogP contribution in [0.15, 0.2) is 0 Å². The molecule has 1 heterocycles. The molecule has 0 amide bonds. The summed E-state index contributed by atoms with van der Waals surface area (Å²) < 4.78 is 0. The molecule has 1 fully saturated rings. The number of hydrogen-bond acceptors (Lipinski definition) is 3. The standard InChI is InChI=1S/C16H34N2O/c1-5-10-17-15-9-11-18(12-14(15)6-2)13-16(19,7-3)8-4/h14-15,17,19H,5-13H2,1-4H3. The van der Waals surface area contributed by atoms with Crippen molar-refractivity contribution in [2.45, 2.75) is 71.4 Å². The first kappa shape index (κ1) is 16.9. The van der Waals surface area contributed by atoms with Crippen LogP contribution in [0.5, 0.6) is 0 Å². The van der Waals surface area contributed by atoms with Crippen molar-refractivity contribution < 1.29 is 5.11 Å². The molecule has 1 aliphatic rings. The van der Waals surface area contributed by atoms with Gasteiger partial charge >= 0.3 is 0 Å². The smallest absolute Gasteiger partial charge is 0.0768 e. The SMILES string of the molecule is CCCNC1CCN(CC(O)(CC)CC)CC1CC. The first-order valence-corrected chi connectivity index (χ1v) is 8.26. The van der Waals surface area contributed by atoms with Crippen LogP contribution in [0.2, 0.25) is 0 Å². The number of nitrogens with one attached hydrogen (secondary N) is 1. The third kappa shape index (κ3) is 5.05. The van der Waals surface area contributed by atoms with E-state index in [0.29, 0.717) is 6.04 Å². The normalized spacial score (nSPS) is 25.7. The highest BCUT2D eigenvalue weighted by atomic mass is 16.3. The lowest BCUT2D eigenvalue weighted by atomic mass is 9.88. The Bertz CT molecular complexity index is 241. The van der Waals surface area contributed by atoms with Gasteiger partial charge in [0.1, 0.15) is 0 Å². The molecule has 1 aliphatic heterocycles. The van der Waals surface area contributed by atoms with Crippen molar-refractivity contribution in [3.8, 4) is 0 Å². The van der Waals surface area contributed by atoms with Gasteiger partial charge in [-0.3, -0.25) is 0 Å². The van der Waals surface area contributed by atoms with Crippen molar-refractivity contribution in [1.29, 1.82) is 0 Å². The van der Waals surface area contributed by atoms with Gasteiger partial charge < -0.3 is 15.3 Å². The second-order valence-corrected chi connectivity index (χ2v) is 6.18. The Morgan fingerprint density at radius 1 is 1.21 bits per heavy atom. The predicted octanol–water partition coefficient (Wildman–Crippen LogP) is 2.64. The maximum atomic E-state index is 10.5. The van der Waals surface area contributed by atoms with Crippen LogP contribution in [0, 0.1) is 5.92 Å². The Labute approximate surface area is 119 Å². The Morgan fingerprint density at radius 2 is 1.89 bits per heavy atom. The van der Waals surface area contributed by atoms with Crippen LogP contribution in [0.3, 0.4) is 0 Å². The number of rotatable bonds is 8. The van der Waals surface area contributed by atoms with E-state index in [1.165, 1.54) is 19.3 Å². The first-order valence-electron chi connectivity index (χ1n) is 8.26. The number of aliphatic hydroxyl groups is 1. The van der Waals surface area contributed by atoms with E-state index >= 15 is 0 Å². The molecule has 19 heavy (non-hydrogen) atoms. The summed E-state index contributed by atoms with van der Waals surface area (Å²) in [4.78, 5) is 2.48. The van der Waals surface area contributed by atoms with Crippen LogP contribution >= 0.6 is 0 Å². The van der Waals surface area contributed by atoms with Crippen LogP contribution in [0.1, 0.15) is 59.8 Å². The number of piperidine rings is 1. The van der Waals surface area contributed by atoms with E-state index in [1.807, 2.05) is 0 Å². The van der Waals surface area contributed by atoms with E-state index in [4.69, 9.17) is 0 Å². The summed E-state index contributed by atoms with van der Waals surface area (Å²) in [7, 11) is 0. The maximum Gasteiger partial charge on any atom is 0.0768 e. The van der Waals surface area contributed by atoms with E-state index in [1.54, 1.807) is 0 Å². The Kier molecular flexibility index (Phi) is 7.33. The van der Waals surface area contributed by atoms with Crippen LogP contribution in [-0.4, -0.2) is 47.8 Å². The molecule has 0 aromatic rings. The van der Waals surface area contributed by atoms with Gasteiger partial charge in [0.25, 0.3) is 0 Å². The Balaban J connectivity index is 2.49. The molecular formula is C16H34N2O. The summed E-state index contributed by atoms with van der Waals surface area (Å²) in [5, 5.41) is 14.2. The Morgan fingerprint density at radius 3 is 2.42 bits per heavy atom. The van der Waals surface area contributed by atoms with Gasteiger partial charge in [0, 0.05) is 19.1 Å². The van der Waals surface area contributed by atoms with Crippen LogP contribution in [0.25, 0.3) is 0 Å². The molecule has 1 rings (SSSR count). The fraction of sp³-hybridized carbons (Fsp3) is 1.00. The van der Waals surface area contributed by atoms with Crippen molar-refractivity contribution in [1.82, 2.24) is 10.2 Å². The molecule has 0 aliphatic carbocycles. The average Bonchev–Trinajstić information content (AvgIpc) is 2.45. The zero-order chi connectivity index (χ0) is 14.3. The molecule has 0 aromatic carbocycles. The molecule has 114 valence electrons. The second kappa shape index (κ2) is 8.23. The van der Waals surface area contributed by atoms with Crippen molar-refractivity contribution >= 4 is 0 Å². The van der Waals surface area contributed by atoms with Gasteiger partial charge in [-0.2, -0.15) is 0 Å². The molecule has 3 heteroatoms. The van der Waals surface area contributed by atoms with E-state index < -0.39 is 5.60 Å². The zero-order valence-corrected chi connectivity index (χ0v) is 13.4. The fourth-order valence-electron chi connectivity index (χ4n) is 3.15. The minimum absolute atomic E-state index is 0.484. The lowest BCUT2D eigenvalue weighted by molar-refractivity contribution is -0.0177. The van der Waals surface area contributed by atoms with Gasteiger partial charge in [-0.15, -0.1) is 0 Å². The summed E-state index contributed by atoms with van der Waals surface area (Å²) >= 11 is 0. The Hall–Kier alpha value is -0.120. The lowest BCUT2D eigenvalue weighted by Gasteiger charge is -2.42. The molecule has 0 spiro atoms. The number of hydrogen-bond donors (Lipinski definition) is 2. The predicted molar refractivity (Wildman–Crippen MR) is 82.5 cm³/mol. The fourth-order valence-corrected chi connectivity index (χ4v) is 3.15.